The number of hydrogen-bond acceptors (Lipinski definition) is 3. The van der Waals surface area contributed by atoms with E-state index < -0.39 is 0 Å². The van der Waals surface area contributed by atoms with Crippen molar-refractivity contribution in [1.82, 2.24) is 15.1 Å². The van der Waals surface area contributed by atoms with Crippen molar-refractivity contribution in [2.24, 2.45) is 0 Å². The van der Waals surface area contributed by atoms with Crippen LogP contribution in [-0.2, 0) is 17.8 Å². The number of hydrogen-bond donors (Lipinski definition) is 1. The van der Waals surface area contributed by atoms with Crippen LogP contribution in [0, 0.1) is 0 Å². The van der Waals surface area contributed by atoms with Gasteiger partial charge in [0.05, 0.1) is 18.7 Å². The molecule has 5 nitrogen and oxygen atoms in total. The SMILES string of the molecule is O=C(Cc1ccccc1Cl)NCCn1nc(-c2ccccc2)ccc1=O. The molecule has 1 heterocycles. The van der Waals surface area contributed by atoms with Gasteiger partial charge >= 0.3 is 0 Å². The van der Waals surface area contributed by atoms with E-state index in [4.69, 9.17) is 11.6 Å². The first-order valence-corrected chi connectivity index (χ1v) is 8.65. The van der Waals surface area contributed by atoms with E-state index in [-0.39, 0.29) is 17.9 Å². The van der Waals surface area contributed by atoms with E-state index in [2.05, 4.69) is 10.4 Å². The molecule has 26 heavy (non-hydrogen) atoms. The molecular formula is C20H18ClN3O2. The lowest BCUT2D eigenvalue weighted by Gasteiger charge is -2.09. The Morgan fingerprint density at radius 3 is 2.50 bits per heavy atom. The topological polar surface area (TPSA) is 64.0 Å². The molecule has 3 rings (SSSR count). The van der Waals surface area contributed by atoms with Gasteiger partial charge in [-0.15, -0.1) is 0 Å². The van der Waals surface area contributed by atoms with E-state index in [1.165, 1.54) is 10.7 Å². The van der Waals surface area contributed by atoms with Crippen molar-refractivity contribution in [3.05, 3.63) is 87.7 Å². The summed E-state index contributed by atoms with van der Waals surface area (Å²) in [6, 6.07) is 20.0. The van der Waals surface area contributed by atoms with Crippen molar-refractivity contribution >= 4 is 17.5 Å². The molecule has 2 aromatic carbocycles. The average Bonchev–Trinajstić information content (AvgIpc) is 2.66. The maximum atomic E-state index is 12.1. The summed E-state index contributed by atoms with van der Waals surface area (Å²) in [5, 5.41) is 7.73. The third kappa shape index (κ3) is 4.58. The first-order chi connectivity index (χ1) is 12.6. The number of aromatic nitrogens is 2. The van der Waals surface area contributed by atoms with Gasteiger partial charge in [0.25, 0.3) is 5.56 Å². The second kappa shape index (κ2) is 8.45. The summed E-state index contributed by atoms with van der Waals surface area (Å²) in [7, 11) is 0. The van der Waals surface area contributed by atoms with Crippen LogP contribution in [0.5, 0.6) is 0 Å². The first kappa shape index (κ1) is 17.9. The molecule has 0 aliphatic carbocycles. The zero-order valence-corrected chi connectivity index (χ0v) is 14.8. The molecule has 0 bridgehead atoms. The fourth-order valence-electron chi connectivity index (χ4n) is 2.55. The molecule has 0 saturated heterocycles. The monoisotopic (exact) mass is 367 g/mol. The fourth-order valence-corrected chi connectivity index (χ4v) is 2.75. The Morgan fingerprint density at radius 1 is 1.00 bits per heavy atom. The van der Waals surface area contributed by atoms with E-state index in [1.807, 2.05) is 48.5 Å². The molecule has 0 fully saturated rings. The van der Waals surface area contributed by atoms with E-state index in [0.29, 0.717) is 23.8 Å². The van der Waals surface area contributed by atoms with Gasteiger partial charge in [-0.25, -0.2) is 4.68 Å². The molecule has 1 N–H and O–H groups in total. The van der Waals surface area contributed by atoms with Crippen LogP contribution in [0.1, 0.15) is 5.56 Å². The Bertz CT molecular complexity index is 955. The van der Waals surface area contributed by atoms with Crippen LogP contribution in [0.3, 0.4) is 0 Å². The lowest BCUT2D eigenvalue weighted by Crippen LogP contribution is -2.32. The predicted octanol–water partition coefficient (Wildman–Crippen LogP) is 2.92. The number of carbonyl (C=O) groups is 1. The molecule has 0 aliphatic heterocycles. The van der Waals surface area contributed by atoms with Crippen LogP contribution in [0.2, 0.25) is 5.02 Å². The number of halogens is 1. The highest BCUT2D eigenvalue weighted by Crippen LogP contribution is 2.15. The van der Waals surface area contributed by atoms with Crippen molar-refractivity contribution in [1.29, 1.82) is 0 Å². The second-order valence-corrected chi connectivity index (χ2v) is 6.17. The minimum Gasteiger partial charge on any atom is -0.354 e. The van der Waals surface area contributed by atoms with E-state index in [1.54, 1.807) is 12.1 Å². The Morgan fingerprint density at radius 2 is 1.73 bits per heavy atom. The van der Waals surface area contributed by atoms with Gasteiger partial charge in [0.1, 0.15) is 0 Å². The fraction of sp³-hybridized carbons (Fsp3) is 0.150. The van der Waals surface area contributed by atoms with Gasteiger partial charge < -0.3 is 5.32 Å². The molecule has 0 aliphatic rings. The van der Waals surface area contributed by atoms with Gasteiger partial charge in [0, 0.05) is 23.2 Å². The molecular weight excluding hydrogens is 350 g/mol. The number of nitrogens with zero attached hydrogens (tertiary/aromatic N) is 2. The molecule has 0 unspecified atom stereocenters. The average molecular weight is 368 g/mol. The van der Waals surface area contributed by atoms with Gasteiger partial charge in [-0.1, -0.05) is 60.1 Å². The van der Waals surface area contributed by atoms with Gasteiger partial charge in [-0.2, -0.15) is 5.10 Å². The molecule has 0 saturated carbocycles. The third-order valence-corrected chi connectivity index (χ3v) is 4.26. The summed E-state index contributed by atoms with van der Waals surface area (Å²) in [4.78, 5) is 24.0. The number of benzene rings is 2. The summed E-state index contributed by atoms with van der Waals surface area (Å²) < 4.78 is 1.36. The number of amides is 1. The second-order valence-electron chi connectivity index (χ2n) is 5.76. The van der Waals surface area contributed by atoms with Crippen LogP contribution in [-0.4, -0.2) is 22.2 Å². The highest BCUT2D eigenvalue weighted by Gasteiger charge is 2.07. The Hall–Kier alpha value is -2.92. The van der Waals surface area contributed by atoms with Crippen molar-refractivity contribution < 1.29 is 4.79 Å². The quantitative estimate of drug-likeness (QED) is 0.728. The molecule has 1 amide bonds. The Labute approximate surface area is 156 Å². The van der Waals surface area contributed by atoms with Gasteiger partial charge in [-0.05, 0) is 17.7 Å². The molecule has 0 radical (unpaired) electrons. The summed E-state index contributed by atoms with van der Waals surface area (Å²) in [5.74, 6) is -0.148. The molecule has 0 atom stereocenters. The van der Waals surface area contributed by atoms with Crippen LogP contribution in [0.4, 0.5) is 0 Å². The van der Waals surface area contributed by atoms with Crippen LogP contribution in [0.15, 0.2) is 71.5 Å². The predicted molar refractivity (Wildman–Crippen MR) is 102 cm³/mol. The summed E-state index contributed by atoms with van der Waals surface area (Å²) >= 11 is 6.06. The van der Waals surface area contributed by atoms with Crippen LogP contribution < -0.4 is 10.9 Å². The molecule has 3 aromatic rings. The van der Waals surface area contributed by atoms with Crippen LogP contribution >= 0.6 is 11.6 Å². The minimum absolute atomic E-state index is 0.148. The highest BCUT2D eigenvalue weighted by molar-refractivity contribution is 6.31. The van der Waals surface area contributed by atoms with Crippen molar-refractivity contribution in [3.63, 3.8) is 0 Å². The maximum absolute atomic E-state index is 12.1. The zero-order chi connectivity index (χ0) is 18.4. The van der Waals surface area contributed by atoms with Crippen molar-refractivity contribution in [2.75, 3.05) is 6.54 Å². The van der Waals surface area contributed by atoms with E-state index in [9.17, 15) is 9.59 Å². The largest absolute Gasteiger partial charge is 0.354 e. The van der Waals surface area contributed by atoms with E-state index in [0.717, 1.165) is 11.1 Å². The summed E-state index contributed by atoms with van der Waals surface area (Å²) in [5.41, 5.74) is 2.22. The number of carbonyl (C=O) groups excluding carboxylic acids is 1. The third-order valence-electron chi connectivity index (χ3n) is 3.89. The lowest BCUT2D eigenvalue weighted by molar-refractivity contribution is -0.120. The summed E-state index contributed by atoms with van der Waals surface area (Å²) in [6.45, 7) is 0.613. The molecule has 6 heteroatoms. The molecule has 0 spiro atoms. The van der Waals surface area contributed by atoms with Crippen molar-refractivity contribution in [3.8, 4) is 11.3 Å². The highest BCUT2D eigenvalue weighted by atomic mass is 35.5. The normalized spacial score (nSPS) is 10.5. The van der Waals surface area contributed by atoms with E-state index >= 15 is 0 Å². The summed E-state index contributed by atoms with van der Waals surface area (Å²) in [6.07, 6.45) is 0.200. The smallest absolute Gasteiger partial charge is 0.266 e. The zero-order valence-electron chi connectivity index (χ0n) is 14.1. The van der Waals surface area contributed by atoms with Crippen molar-refractivity contribution in [2.45, 2.75) is 13.0 Å². The number of rotatable bonds is 6. The Balaban J connectivity index is 1.60. The van der Waals surface area contributed by atoms with Gasteiger partial charge in [0.15, 0.2) is 0 Å². The molecule has 1 aromatic heterocycles. The van der Waals surface area contributed by atoms with Crippen LogP contribution in [0.25, 0.3) is 11.3 Å². The standard InChI is InChI=1S/C20H18ClN3O2/c21-17-9-5-4-8-16(17)14-19(25)22-12-13-24-20(26)11-10-18(23-24)15-6-2-1-3-7-15/h1-11H,12-14H2,(H,22,25). The lowest BCUT2D eigenvalue weighted by atomic mass is 10.1. The Kier molecular flexibility index (Phi) is 5.81. The molecule has 132 valence electrons. The number of nitrogens with one attached hydrogen (secondary N) is 1. The van der Waals surface area contributed by atoms with Gasteiger partial charge in [-0.3, -0.25) is 9.59 Å². The first-order valence-electron chi connectivity index (χ1n) is 8.27. The minimum atomic E-state index is -0.204. The van der Waals surface area contributed by atoms with Gasteiger partial charge in [0.2, 0.25) is 5.91 Å². The maximum Gasteiger partial charge on any atom is 0.266 e.